The molecule has 1 atom stereocenters. The maximum Gasteiger partial charge on any atom is 0.0659 e. The zero-order valence-corrected chi connectivity index (χ0v) is 19.5. The highest BCUT2D eigenvalue weighted by atomic mass is 32.2. The Morgan fingerprint density at radius 2 is 1.93 bits per heavy atom. The molecular weight excluding hydrogens is 378 g/mol. The van der Waals surface area contributed by atoms with Crippen LogP contribution >= 0.6 is 11.8 Å². The first-order valence-electron chi connectivity index (χ1n) is 9.89. The monoisotopic (exact) mass is 417 g/mol. The van der Waals surface area contributed by atoms with Crippen LogP contribution in [0.4, 0.5) is 5.69 Å². The Labute approximate surface area is 181 Å². The lowest BCUT2D eigenvalue weighted by Crippen LogP contribution is -2.32. The van der Waals surface area contributed by atoms with Gasteiger partial charge in [0.05, 0.1) is 5.03 Å². The van der Waals surface area contributed by atoms with Crippen molar-refractivity contribution >= 4 is 23.2 Å². The van der Waals surface area contributed by atoms with Crippen LogP contribution in [0.2, 0.25) is 0 Å². The second kappa shape index (κ2) is 14.8. The molecular formula is C23H39N5S. The average Bonchev–Trinajstić information content (AvgIpc) is 2.64. The maximum absolute atomic E-state index is 7.65. The van der Waals surface area contributed by atoms with Gasteiger partial charge in [-0.1, -0.05) is 37.1 Å². The Morgan fingerprint density at radius 3 is 2.41 bits per heavy atom. The van der Waals surface area contributed by atoms with Crippen molar-refractivity contribution in [3.63, 3.8) is 0 Å². The molecule has 0 bridgehead atoms. The summed E-state index contributed by atoms with van der Waals surface area (Å²) >= 11 is 1.50. The summed E-state index contributed by atoms with van der Waals surface area (Å²) in [6.45, 7) is 19.0. The quantitative estimate of drug-likeness (QED) is 0.203. The molecule has 0 spiro atoms. The van der Waals surface area contributed by atoms with Gasteiger partial charge in [0.15, 0.2) is 0 Å². The van der Waals surface area contributed by atoms with Crippen LogP contribution in [0.15, 0.2) is 47.5 Å². The van der Waals surface area contributed by atoms with E-state index < -0.39 is 0 Å². The number of nitrogen functional groups attached to an aromatic ring is 1. The molecule has 0 aromatic heterocycles. The summed E-state index contributed by atoms with van der Waals surface area (Å²) in [6.07, 6.45) is 5.47. The molecule has 29 heavy (non-hydrogen) atoms. The minimum Gasteiger partial charge on any atom is -0.398 e. The van der Waals surface area contributed by atoms with Gasteiger partial charge in [-0.25, -0.2) is 0 Å². The number of nitrogens with one attached hydrogen (secondary N) is 3. The van der Waals surface area contributed by atoms with Crippen molar-refractivity contribution < 1.29 is 0 Å². The van der Waals surface area contributed by atoms with Crippen molar-refractivity contribution in [2.24, 2.45) is 5.73 Å². The number of nitrogens with two attached hydrogens (primary N) is 2. The molecule has 0 aliphatic rings. The van der Waals surface area contributed by atoms with E-state index in [-0.39, 0.29) is 0 Å². The van der Waals surface area contributed by atoms with Crippen LogP contribution in [-0.4, -0.2) is 24.8 Å². The predicted molar refractivity (Wildman–Crippen MR) is 132 cm³/mol. The van der Waals surface area contributed by atoms with Crippen LogP contribution in [0.25, 0.3) is 0 Å². The van der Waals surface area contributed by atoms with Crippen molar-refractivity contribution in [1.29, 1.82) is 5.41 Å². The first-order valence-corrected chi connectivity index (χ1v) is 10.7. The van der Waals surface area contributed by atoms with E-state index in [0.717, 1.165) is 35.0 Å². The lowest BCUT2D eigenvalue weighted by Gasteiger charge is -2.21. The molecule has 0 aliphatic carbocycles. The largest absolute Gasteiger partial charge is 0.398 e. The summed E-state index contributed by atoms with van der Waals surface area (Å²) in [5.74, 6) is 0. The topological polar surface area (TPSA) is 100.0 Å². The molecule has 0 saturated carbocycles. The van der Waals surface area contributed by atoms with Gasteiger partial charge in [-0.15, -0.1) is 0 Å². The zero-order valence-electron chi connectivity index (χ0n) is 18.7. The van der Waals surface area contributed by atoms with Crippen LogP contribution < -0.4 is 22.1 Å². The Balaban J connectivity index is 0.000000651. The van der Waals surface area contributed by atoms with Gasteiger partial charge >= 0.3 is 0 Å². The number of benzene rings is 1. The van der Waals surface area contributed by atoms with E-state index in [1.54, 1.807) is 13.1 Å². The normalized spacial score (nSPS) is 11.7. The second-order valence-corrected chi connectivity index (χ2v) is 8.10. The van der Waals surface area contributed by atoms with Crippen LogP contribution in [0.1, 0.15) is 43.4 Å². The van der Waals surface area contributed by atoms with Crippen LogP contribution in [-0.2, 0) is 0 Å². The Bertz CT molecular complexity index is 686. The fourth-order valence-corrected chi connectivity index (χ4v) is 3.43. The zero-order chi connectivity index (χ0) is 22.4. The summed E-state index contributed by atoms with van der Waals surface area (Å²) in [6, 6.07) is 4.44. The molecule has 1 unspecified atom stereocenters. The molecule has 0 saturated heterocycles. The van der Waals surface area contributed by atoms with Gasteiger partial charge in [0, 0.05) is 28.9 Å². The summed E-state index contributed by atoms with van der Waals surface area (Å²) in [5.41, 5.74) is 16.5. The van der Waals surface area contributed by atoms with Crippen molar-refractivity contribution in [2.45, 2.75) is 53.5 Å². The molecule has 0 aliphatic heterocycles. The lowest BCUT2D eigenvalue weighted by atomic mass is 10.1. The SMILES string of the molecule is C=CNCCC(CCN)NC(=C)S/C(=C/C)C(C)=N.Cc1cc(C)c(C)c(N)c1. The van der Waals surface area contributed by atoms with E-state index in [4.69, 9.17) is 16.9 Å². The summed E-state index contributed by atoms with van der Waals surface area (Å²) in [7, 11) is 0. The van der Waals surface area contributed by atoms with Gasteiger partial charge in [0.1, 0.15) is 0 Å². The number of rotatable bonds is 11. The first kappa shape index (κ1) is 26.8. The third-order valence-corrected chi connectivity index (χ3v) is 5.50. The first-order chi connectivity index (χ1) is 13.7. The molecule has 0 heterocycles. The number of hydrogen-bond acceptors (Lipinski definition) is 6. The molecule has 5 nitrogen and oxygen atoms in total. The molecule has 1 aromatic rings. The van der Waals surface area contributed by atoms with Crippen molar-refractivity contribution in [3.05, 3.63) is 64.2 Å². The van der Waals surface area contributed by atoms with Gasteiger partial charge in [-0.2, -0.15) is 0 Å². The number of hydrogen-bond donors (Lipinski definition) is 5. The van der Waals surface area contributed by atoms with E-state index >= 15 is 0 Å². The van der Waals surface area contributed by atoms with Crippen LogP contribution in [0.3, 0.4) is 0 Å². The van der Waals surface area contributed by atoms with Gasteiger partial charge in [-0.3, -0.25) is 0 Å². The Kier molecular flexibility index (Phi) is 13.7. The smallest absolute Gasteiger partial charge is 0.0659 e. The molecule has 1 aromatic carbocycles. The summed E-state index contributed by atoms with van der Waals surface area (Å²) in [5, 5.41) is 15.0. The number of anilines is 1. The molecule has 7 N–H and O–H groups in total. The van der Waals surface area contributed by atoms with E-state index in [0.29, 0.717) is 18.3 Å². The third-order valence-electron chi connectivity index (χ3n) is 4.38. The standard InChI is InChI=1S/C14H26N4S.C9H13N/c1-5-14(11(3)16)19-12(4)18-13(7-9-15)8-10-17-6-2;1-6-4-7(2)8(3)9(10)5-6/h5-6,13,16-18H,2,4,7-10,15H2,1,3H3;4-5H,10H2,1-3H3/b14-5+,16-11?;. The van der Waals surface area contributed by atoms with Crippen molar-refractivity contribution in [1.82, 2.24) is 10.6 Å². The van der Waals surface area contributed by atoms with Crippen molar-refractivity contribution in [2.75, 3.05) is 18.8 Å². The van der Waals surface area contributed by atoms with Gasteiger partial charge in [0.25, 0.3) is 0 Å². The van der Waals surface area contributed by atoms with Crippen LogP contribution in [0, 0.1) is 26.2 Å². The van der Waals surface area contributed by atoms with Gasteiger partial charge in [-0.05, 0) is 83.0 Å². The van der Waals surface area contributed by atoms with Crippen molar-refractivity contribution in [3.8, 4) is 0 Å². The van der Waals surface area contributed by atoms with E-state index in [1.807, 2.05) is 26.0 Å². The van der Waals surface area contributed by atoms with Gasteiger partial charge < -0.3 is 27.5 Å². The molecule has 0 fully saturated rings. The maximum atomic E-state index is 7.65. The van der Waals surface area contributed by atoms with Gasteiger partial charge in [0.2, 0.25) is 0 Å². The second-order valence-electron chi connectivity index (χ2n) is 6.96. The number of allylic oxidation sites excluding steroid dienone is 2. The minimum absolute atomic E-state index is 0.293. The fourth-order valence-electron chi connectivity index (χ4n) is 2.66. The number of aryl methyl sites for hydroxylation is 2. The lowest BCUT2D eigenvalue weighted by molar-refractivity contribution is 0.503. The molecule has 6 heteroatoms. The average molecular weight is 418 g/mol. The minimum atomic E-state index is 0.293. The third kappa shape index (κ3) is 11.4. The summed E-state index contributed by atoms with van der Waals surface area (Å²) in [4.78, 5) is 0.924. The van der Waals surface area contributed by atoms with E-state index in [2.05, 4.69) is 43.7 Å². The Morgan fingerprint density at radius 1 is 1.28 bits per heavy atom. The highest BCUT2D eigenvalue weighted by Crippen LogP contribution is 2.23. The fraction of sp³-hybridized carbons (Fsp3) is 0.435. The Hall–Kier alpha value is -2.18. The molecule has 162 valence electrons. The number of thioether (sulfide) groups is 1. The molecule has 0 amide bonds. The van der Waals surface area contributed by atoms with Crippen LogP contribution in [0.5, 0.6) is 0 Å². The van der Waals surface area contributed by atoms with E-state index in [1.165, 1.54) is 28.5 Å². The predicted octanol–water partition coefficient (Wildman–Crippen LogP) is 4.76. The molecule has 1 rings (SSSR count). The summed E-state index contributed by atoms with van der Waals surface area (Å²) < 4.78 is 0. The molecule has 0 radical (unpaired) electrons. The van der Waals surface area contributed by atoms with E-state index in [9.17, 15) is 0 Å². The highest BCUT2D eigenvalue weighted by molar-refractivity contribution is 8.07. The highest BCUT2D eigenvalue weighted by Gasteiger charge is 2.10.